The highest BCUT2D eigenvalue weighted by molar-refractivity contribution is 7.89. The monoisotopic (exact) mass is 299 g/mol. The molecule has 0 atom stereocenters. The first-order valence-corrected chi connectivity index (χ1v) is 8.59. The second kappa shape index (κ2) is 7.71. The molecule has 114 valence electrons. The lowest BCUT2D eigenvalue weighted by Crippen LogP contribution is -2.35. The summed E-state index contributed by atoms with van der Waals surface area (Å²) in [5, 5.41) is 0. The van der Waals surface area contributed by atoms with Crippen molar-refractivity contribution < 1.29 is 8.42 Å². The number of sulfonamides is 1. The Morgan fingerprint density at radius 2 is 1.95 bits per heavy atom. The van der Waals surface area contributed by atoms with Crippen LogP contribution in [-0.4, -0.2) is 30.8 Å². The van der Waals surface area contributed by atoms with E-state index in [9.17, 15) is 8.42 Å². The molecular weight excluding hydrogens is 274 g/mol. The SMILES string of the molecule is CCC(CC)CN(CC)S(=O)(=O)c1cccnc1CN. The zero-order valence-electron chi connectivity index (χ0n) is 12.5. The summed E-state index contributed by atoms with van der Waals surface area (Å²) < 4.78 is 27.0. The zero-order valence-corrected chi connectivity index (χ0v) is 13.4. The van der Waals surface area contributed by atoms with Crippen molar-refractivity contribution >= 4 is 10.0 Å². The fourth-order valence-corrected chi connectivity index (χ4v) is 3.89. The predicted octanol–water partition coefficient (Wildman–Crippen LogP) is 1.99. The minimum atomic E-state index is -3.52. The first-order chi connectivity index (χ1) is 9.51. The molecule has 2 N–H and O–H groups in total. The predicted molar refractivity (Wildman–Crippen MR) is 80.6 cm³/mol. The van der Waals surface area contributed by atoms with E-state index in [0.29, 0.717) is 24.7 Å². The molecule has 0 amide bonds. The lowest BCUT2D eigenvalue weighted by molar-refractivity contribution is 0.339. The smallest absolute Gasteiger partial charge is 0.244 e. The maximum absolute atomic E-state index is 12.7. The van der Waals surface area contributed by atoms with Crippen LogP contribution < -0.4 is 5.73 Å². The van der Waals surface area contributed by atoms with Gasteiger partial charge in [-0.3, -0.25) is 4.98 Å². The molecule has 0 radical (unpaired) electrons. The standard InChI is InChI=1S/C14H25N3O2S/c1-4-12(5-2)11-17(6-3)20(18,19)14-8-7-9-16-13(14)10-15/h7-9,12H,4-6,10-11,15H2,1-3H3. The highest BCUT2D eigenvalue weighted by Crippen LogP contribution is 2.21. The third-order valence-electron chi connectivity index (χ3n) is 3.63. The first kappa shape index (κ1) is 17.1. The summed E-state index contributed by atoms with van der Waals surface area (Å²) in [5.41, 5.74) is 6.02. The van der Waals surface area contributed by atoms with Crippen LogP contribution in [0.15, 0.2) is 23.2 Å². The molecule has 0 saturated carbocycles. The van der Waals surface area contributed by atoms with Crippen LogP contribution in [0.2, 0.25) is 0 Å². The molecule has 0 fully saturated rings. The van der Waals surface area contributed by atoms with Crippen molar-refractivity contribution in [2.45, 2.75) is 45.1 Å². The largest absolute Gasteiger partial charge is 0.325 e. The van der Waals surface area contributed by atoms with Crippen molar-refractivity contribution in [3.05, 3.63) is 24.0 Å². The molecule has 0 bridgehead atoms. The lowest BCUT2D eigenvalue weighted by Gasteiger charge is -2.25. The summed E-state index contributed by atoms with van der Waals surface area (Å²) in [6.45, 7) is 7.16. The number of aromatic nitrogens is 1. The summed E-state index contributed by atoms with van der Waals surface area (Å²) in [6.07, 6.45) is 3.51. The third kappa shape index (κ3) is 3.77. The van der Waals surface area contributed by atoms with Gasteiger partial charge in [-0.1, -0.05) is 33.6 Å². The van der Waals surface area contributed by atoms with Crippen molar-refractivity contribution in [3.8, 4) is 0 Å². The van der Waals surface area contributed by atoms with Crippen LogP contribution in [0.4, 0.5) is 0 Å². The molecule has 0 saturated heterocycles. The van der Waals surface area contributed by atoms with Gasteiger partial charge in [-0.05, 0) is 18.1 Å². The van der Waals surface area contributed by atoms with E-state index in [-0.39, 0.29) is 11.4 Å². The number of rotatable bonds is 8. The van der Waals surface area contributed by atoms with Gasteiger partial charge in [-0.2, -0.15) is 4.31 Å². The highest BCUT2D eigenvalue weighted by Gasteiger charge is 2.27. The van der Waals surface area contributed by atoms with Crippen LogP contribution in [0.25, 0.3) is 0 Å². The maximum Gasteiger partial charge on any atom is 0.244 e. The summed E-state index contributed by atoms with van der Waals surface area (Å²) >= 11 is 0. The van der Waals surface area contributed by atoms with Crippen LogP contribution in [0.5, 0.6) is 0 Å². The molecule has 6 heteroatoms. The Morgan fingerprint density at radius 1 is 1.30 bits per heavy atom. The van der Waals surface area contributed by atoms with Crippen molar-refractivity contribution in [2.24, 2.45) is 11.7 Å². The second-order valence-electron chi connectivity index (χ2n) is 4.79. The van der Waals surface area contributed by atoms with Gasteiger partial charge in [0.05, 0.1) is 5.69 Å². The third-order valence-corrected chi connectivity index (χ3v) is 5.64. The molecule has 0 aliphatic heterocycles. The molecule has 20 heavy (non-hydrogen) atoms. The van der Waals surface area contributed by atoms with Gasteiger partial charge in [0.25, 0.3) is 0 Å². The molecule has 0 aromatic carbocycles. The molecular formula is C14H25N3O2S. The van der Waals surface area contributed by atoms with E-state index in [4.69, 9.17) is 5.73 Å². The Bertz CT molecular complexity index is 513. The Kier molecular flexibility index (Phi) is 6.58. The van der Waals surface area contributed by atoms with Gasteiger partial charge < -0.3 is 5.73 Å². The average Bonchev–Trinajstić information content (AvgIpc) is 2.48. The second-order valence-corrected chi connectivity index (χ2v) is 6.70. The number of nitrogens with zero attached hydrogens (tertiary/aromatic N) is 2. The van der Waals surface area contributed by atoms with Crippen LogP contribution in [0.1, 0.15) is 39.3 Å². The number of nitrogens with two attached hydrogens (primary N) is 1. The molecule has 1 aromatic heterocycles. The van der Waals surface area contributed by atoms with Gasteiger partial charge in [0.15, 0.2) is 0 Å². The number of hydrogen-bond acceptors (Lipinski definition) is 4. The maximum atomic E-state index is 12.7. The van der Waals surface area contributed by atoms with E-state index in [1.807, 2.05) is 6.92 Å². The summed E-state index contributed by atoms with van der Waals surface area (Å²) in [6, 6.07) is 3.22. The van der Waals surface area contributed by atoms with E-state index in [1.165, 1.54) is 4.31 Å². The minimum absolute atomic E-state index is 0.123. The Balaban J connectivity index is 3.12. The van der Waals surface area contributed by atoms with Crippen molar-refractivity contribution in [3.63, 3.8) is 0 Å². The summed E-state index contributed by atoms with van der Waals surface area (Å²) in [4.78, 5) is 4.30. The van der Waals surface area contributed by atoms with Crippen LogP contribution in [-0.2, 0) is 16.6 Å². The number of pyridine rings is 1. The average molecular weight is 299 g/mol. The van der Waals surface area contributed by atoms with Crippen molar-refractivity contribution in [1.82, 2.24) is 9.29 Å². The van der Waals surface area contributed by atoms with Crippen molar-refractivity contribution in [2.75, 3.05) is 13.1 Å². The summed E-state index contributed by atoms with van der Waals surface area (Å²) in [5.74, 6) is 0.378. The first-order valence-electron chi connectivity index (χ1n) is 7.15. The van der Waals surface area contributed by atoms with Crippen LogP contribution in [0, 0.1) is 5.92 Å². The lowest BCUT2D eigenvalue weighted by atomic mass is 10.0. The van der Waals surface area contributed by atoms with Gasteiger partial charge in [0.2, 0.25) is 10.0 Å². The molecule has 0 aliphatic rings. The van der Waals surface area contributed by atoms with Crippen LogP contribution >= 0.6 is 0 Å². The fraction of sp³-hybridized carbons (Fsp3) is 0.643. The van der Waals surface area contributed by atoms with E-state index in [0.717, 1.165) is 12.8 Å². The minimum Gasteiger partial charge on any atom is -0.325 e. The van der Waals surface area contributed by atoms with E-state index >= 15 is 0 Å². The zero-order chi connectivity index (χ0) is 15.2. The van der Waals surface area contributed by atoms with E-state index in [1.54, 1.807) is 18.3 Å². The molecule has 0 spiro atoms. The molecule has 1 aromatic rings. The molecule has 1 heterocycles. The van der Waals surface area contributed by atoms with E-state index in [2.05, 4.69) is 18.8 Å². The van der Waals surface area contributed by atoms with Gasteiger partial charge in [0.1, 0.15) is 4.90 Å². The van der Waals surface area contributed by atoms with Crippen molar-refractivity contribution in [1.29, 1.82) is 0 Å². The fourth-order valence-electron chi connectivity index (χ4n) is 2.18. The Labute approximate surface area is 122 Å². The molecule has 0 aliphatic carbocycles. The van der Waals surface area contributed by atoms with Gasteiger partial charge in [-0.15, -0.1) is 0 Å². The van der Waals surface area contributed by atoms with Crippen LogP contribution in [0.3, 0.4) is 0 Å². The van der Waals surface area contributed by atoms with Gasteiger partial charge >= 0.3 is 0 Å². The van der Waals surface area contributed by atoms with Gasteiger partial charge in [0, 0.05) is 25.8 Å². The molecule has 0 unspecified atom stereocenters. The quantitative estimate of drug-likeness (QED) is 0.796. The molecule has 5 nitrogen and oxygen atoms in total. The normalized spacial score (nSPS) is 12.3. The highest BCUT2D eigenvalue weighted by atomic mass is 32.2. The van der Waals surface area contributed by atoms with Gasteiger partial charge in [-0.25, -0.2) is 8.42 Å². The topological polar surface area (TPSA) is 76.3 Å². The molecule has 1 rings (SSSR count). The Hall–Kier alpha value is -0.980. The summed E-state index contributed by atoms with van der Waals surface area (Å²) in [7, 11) is -3.52. The number of hydrogen-bond donors (Lipinski definition) is 1. The van der Waals surface area contributed by atoms with E-state index < -0.39 is 10.0 Å². The Morgan fingerprint density at radius 3 is 2.45 bits per heavy atom.